The summed E-state index contributed by atoms with van der Waals surface area (Å²) in [6.45, 7) is 3.65. The molecule has 4 rings (SSSR count). The number of hydrogen-bond donors (Lipinski definition) is 1. The number of carbonyl (C=O) groups is 2. The van der Waals surface area contributed by atoms with E-state index in [0.717, 1.165) is 5.56 Å². The van der Waals surface area contributed by atoms with Crippen molar-refractivity contribution >= 4 is 23.5 Å². The monoisotopic (exact) mass is 477 g/mol. The molecular formula is C25H27N5O5. The van der Waals surface area contributed by atoms with Gasteiger partial charge in [0.15, 0.2) is 0 Å². The van der Waals surface area contributed by atoms with E-state index in [2.05, 4.69) is 15.4 Å². The first-order chi connectivity index (χ1) is 17.0. The van der Waals surface area contributed by atoms with E-state index < -0.39 is 12.0 Å². The number of aromatic nitrogens is 3. The molecule has 0 radical (unpaired) electrons. The SMILES string of the molecule is CCOC(=O)C1=C(C)N(CC(=O)Nc2ccc(OC)cc2OC)c2ncnn2[C@H]1c1ccccc1. The zero-order valence-electron chi connectivity index (χ0n) is 20.0. The average molecular weight is 478 g/mol. The lowest BCUT2D eigenvalue weighted by molar-refractivity contribution is -0.139. The Kier molecular flexibility index (Phi) is 7.00. The zero-order chi connectivity index (χ0) is 24.9. The highest BCUT2D eigenvalue weighted by Crippen LogP contribution is 2.38. The first-order valence-electron chi connectivity index (χ1n) is 11.1. The lowest BCUT2D eigenvalue weighted by Crippen LogP contribution is -2.40. The number of fused-ring (bicyclic) bond motifs is 1. The maximum absolute atomic E-state index is 13.1. The summed E-state index contributed by atoms with van der Waals surface area (Å²) in [6.07, 6.45) is 1.41. The van der Waals surface area contributed by atoms with Crippen molar-refractivity contribution in [2.24, 2.45) is 0 Å². The molecule has 182 valence electrons. The minimum absolute atomic E-state index is 0.107. The third-order valence-corrected chi connectivity index (χ3v) is 5.70. The quantitative estimate of drug-likeness (QED) is 0.493. The van der Waals surface area contributed by atoms with Gasteiger partial charge in [0.2, 0.25) is 11.9 Å². The molecule has 10 nitrogen and oxygen atoms in total. The number of carbonyl (C=O) groups excluding carboxylic acids is 2. The minimum Gasteiger partial charge on any atom is -0.497 e. The number of benzene rings is 2. The maximum Gasteiger partial charge on any atom is 0.338 e. The molecule has 0 unspecified atom stereocenters. The van der Waals surface area contributed by atoms with Crippen LogP contribution in [0.3, 0.4) is 0 Å². The second kappa shape index (κ2) is 10.3. The summed E-state index contributed by atoms with van der Waals surface area (Å²) in [5, 5.41) is 7.24. The molecule has 1 atom stereocenters. The van der Waals surface area contributed by atoms with Crippen molar-refractivity contribution in [3.05, 3.63) is 71.7 Å². The van der Waals surface area contributed by atoms with Gasteiger partial charge in [-0.2, -0.15) is 10.1 Å². The Morgan fingerprint density at radius 1 is 1.09 bits per heavy atom. The first-order valence-corrected chi connectivity index (χ1v) is 11.1. The summed E-state index contributed by atoms with van der Waals surface area (Å²) in [7, 11) is 3.07. The Labute approximate surface area is 203 Å². The third kappa shape index (κ3) is 4.68. The molecule has 0 aliphatic carbocycles. The van der Waals surface area contributed by atoms with Crippen LogP contribution in [0.15, 0.2) is 66.1 Å². The van der Waals surface area contributed by atoms with E-state index in [1.165, 1.54) is 13.4 Å². The van der Waals surface area contributed by atoms with E-state index in [1.54, 1.807) is 48.7 Å². The Balaban J connectivity index is 1.69. The highest BCUT2D eigenvalue weighted by atomic mass is 16.5. The number of ether oxygens (including phenoxy) is 3. The van der Waals surface area contributed by atoms with Crippen molar-refractivity contribution in [1.29, 1.82) is 0 Å². The molecule has 0 spiro atoms. The predicted molar refractivity (Wildman–Crippen MR) is 129 cm³/mol. The van der Waals surface area contributed by atoms with Crippen LogP contribution in [0.1, 0.15) is 25.5 Å². The molecule has 1 amide bonds. The van der Waals surface area contributed by atoms with E-state index in [-0.39, 0.29) is 19.1 Å². The van der Waals surface area contributed by atoms with Crippen LogP contribution in [0.4, 0.5) is 11.6 Å². The third-order valence-electron chi connectivity index (χ3n) is 5.70. The Morgan fingerprint density at radius 2 is 1.86 bits per heavy atom. The fourth-order valence-electron chi connectivity index (χ4n) is 4.07. The van der Waals surface area contributed by atoms with Crippen molar-refractivity contribution < 1.29 is 23.8 Å². The molecule has 0 saturated heterocycles. The van der Waals surface area contributed by atoms with Crippen LogP contribution in [0.5, 0.6) is 11.5 Å². The number of methoxy groups -OCH3 is 2. The molecule has 2 heterocycles. The molecule has 1 N–H and O–H groups in total. The Morgan fingerprint density at radius 3 is 2.54 bits per heavy atom. The van der Waals surface area contributed by atoms with Crippen LogP contribution in [0.2, 0.25) is 0 Å². The summed E-state index contributed by atoms with van der Waals surface area (Å²) >= 11 is 0. The Hall–Kier alpha value is -4.34. The topological polar surface area (TPSA) is 108 Å². The number of allylic oxidation sites excluding steroid dienone is 1. The van der Waals surface area contributed by atoms with Crippen molar-refractivity contribution in [1.82, 2.24) is 14.8 Å². The van der Waals surface area contributed by atoms with E-state index in [9.17, 15) is 9.59 Å². The van der Waals surface area contributed by atoms with Crippen LogP contribution in [-0.2, 0) is 14.3 Å². The van der Waals surface area contributed by atoms with Gasteiger partial charge in [-0.3, -0.25) is 4.79 Å². The lowest BCUT2D eigenvalue weighted by Gasteiger charge is -2.35. The van der Waals surface area contributed by atoms with Gasteiger partial charge in [0.1, 0.15) is 30.4 Å². The van der Waals surface area contributed by atoms with Gasteiger partial charge in [0.05, 0.1) is 32.1 Å². The fourth-order valence-corrected chi connectivity index (χ4v) is 4.07. The number of hydrogen-bond acceptors (Lipinski definition) is 8. The standard InChI is InChI=1S/C25H27N5O5/c1-5-35-24(32)22-16(2)29(14-21(31)28-19-12-11-18(33-3)13-20(19)34-4)25-26-15-27-30(25)23(22)17-9-7-6-8-10-17/h6-13,15,23H,5,14H2,1-4H3,(H,28,31)/t23-/m0/s1. The van der Waals surface area contributed by atoms with Gasteiger partial charge < -0.3 is 24.4 Å². The summed E-state index contributed by atoms with van der Waals surface area (Å²) in [5.41, 5.74) is 2.31. The molecule has 0 saturated carbocycles. The van der Waals surface area contributed by atoms with Crippen LogP contribution < -0.4 is 19.7 Å². The van der Waals surface area contributed by atoms with Gasteiger partial charge in [-0.05, 0) is 31.5 Å². The number of rotatable bonds is 8. The lowest BCUT2D eigenvalue weighted by atomic mass is 9.95. The second-order valence-corrected chi connectivity index (χ2v) is 7.74. The van der Waals surface area contributed by atoms with E-state index >= 15 is 0 Å². The number of nitrogens with zero attached hydrogens (tertiary/aromatic N) is 4. The van der Waals surface area contributed by atoms with Gasteiger partial charge in [0.25, 0.3) is 0 Å². The van der Waals surface area contributed by atoms with Gasteiger partial charge in [0, 0.05) is 11.8 Å². The van der Waals surface area contributed by atoms with E-state index in [0.29, 0.717) is 34.4 Å². The molecular weight excluding hydrogens is 450 g/mol. The average Bonchev–Trinajstić information content (AvgIpc) is 3.35. The van der Waals surface area contributed by atoms with Crippen LogP contribution >= 0.6 is 0 Å². The van der Waals surface area contributed by atoms with E-state index in [1.807, 2.05) is 30.3 Å². The van der Waals surface area contributed by atoms with Gasteiger partial charge >= 0.3 is 5.97 Å². The highest BCUT2D eigenvalue weighted by Gasteiger charge is 2.38. The molecule has 1 aromatic heterocycles. The smallest absolute Gasteiger partial charge is 0.338 e. The maximum atomic E-state index is 13.1. The number of esters is 1. The Bertz CT molecular complexity index is 1250. The molecule has 35 heavy (non-hydrogen) atoms. The number of nitrogens with one attached hydrogen (secondary N) is 1. The zero-order valence-corrected chi connectivity index (χ0v) is 20.0. The fraction of sp³-hybridized carbons (Fsp3) is 0.280. The van der Waals surface area contributed by atoms with Crippen LogP contribution in [0, 0.1) is 0 Å². The molecule has 1 aliphatic heterocycles. The van der Waals surface area contributed by atoms with Crippen molar-refractivity contribution in [3.8, 4) is 11.5 Å². The van der Waals surface area contributed by atoms with Crippen molar-refractivity contribution in [2.75, 3.05) is 37.6 Å². The molecule has 10 heteroatoms. The largest absolute Gasteiger partial charge is 0.497 e. The van der Waals surface area contributed by atoms with Gasteiger partial charge in [-0.15, -0.1) is 0 Å². The summed E-state index contributed by atoms with van der Waals surface area (Å²) in [4.78, 5) is 32.2. The minimum atomic E-state index is -0.534. The van der Waals surface area contributed by atoms with Crippen molar-refractivity contribution in [2.45, 2.75) is 19.9 Å². The van der Waals surface area contributed by atoms with Crippen LogP contribution in [-0.4, -0.2) is 54.0 Å². The number of amides is 1. The van der Waals surface area contributed by atoms with Crippen LogP contribution in [0.25, 0.3) is 0 Å². The summed E-state index contributed by atoms with van der Waals surface area (Å²) in [6, 6.07) is 14.1. The van der Waals surface area contributed by atoms with Gasteiger partial charge in [-0.25, -0.2) is 9.48 Å². The molecule has 0 fully saturated rings. The van der Waals surface area contributed by atoms with Gasteiger partial charge in [-0.1, -0.05) is 30.3 Å². The van der Waals surface area contributed by atoms with Crippen molar-refractivity contribution in [3.63, 3.8) is 0 Å². The first kappa shape index (κ1) is 23.8. The highest BCUT2D eigenvalue weighted by molar-refractivity contribution is 5.97. The number of anilines is 2. The molecule has 0 bridgehead atoms. The molecule has 1 aliphatic rings. The summed E-state index contributed by atoms with van der Waals surface area (Å²) in [5.74, 6) is 0.712. The second-order valence-electron chi connectivity index (χ2n) is 7.74. The summed E-state index contributed by atoms with van der Waals surface area (Å²) < 4.78 is 17.6. The predicted octanol–water partition coefficient (Wildman–Crippen LogP) is 3.18. The normalized spacial score (nSPS) is 14.9. The molecule has 3 aromatic rings. The van der Waals surface area contributed by atoms with E-state index in [4.69, 9.17) is 14.2 Å². The molecule has 2 aromatic carbocycles.